The molecule has 0 spiro atoms. The second-order valence-electron chi connectivity index (χ2n) is 5.70. The predicted octanol–water partition coefficient (Wildman–Crippen LogP) is -0.523. The maximum atomic E-state index is 11.7. The Bertz CT molecular complexity index is 241. The lowest BCUT2D eigenvalue weighted by Gasteiger charge is -2.34. The van der Waals surface area contributed by atoms with E-state index in [1.165, 1.54) is 0 Å². The molecular formula is C12H26N4O. The van der Waals surface area contributed by atoms with Crippen molar-refractivity contribution in [2.75, 3.05) is 45.8 Å². The largest absolute Gasteiger partial charge is 0.350 e. The van der Waals surface area contributed by atoms with Crippen molar-refractivity contribution in [3.05, 3.63) is 0 Å². The zero-order valence-corrected chi connectivity index (χ0v) is 11.3. The minimum Gasteiger partial charge on any atom is -0.350 e. The van der Waals surface area contributed by atoms with Crippen molar-refractivity contribution < 1.29 is 4.79 Å². The van der Waals surface area contributed by atoms with Gasteiger partial charge in [-0.05, 0) is 20.8 Å². The highest BCUT2D eigenvalue weighted by molar-refractivity contribution is 5.78. The van der Waals surface area contributed by atoms with Crippen LogP contribution in [0.3, 0.4) is 0 Å². The Hall–Kier alpha value is -0.650. The zero-order chi connectivity index (χ0) is 12.9. The van der Waals surface area contributed by atoms with Crippen LogP contribution in [0.4, 0.5) is 0 Å². The molecule has 0 aromatic heterocycles. The molecule has 0 saturated carbocycles. The number of hydrogen-bond donors (Lipinski definition) is 2. The van der Waals surface area contributed by atoms with E-state index in [0.717, 1.165) is 32.7 Å². The van der Waals surface area contributed by atoms with Gasteiger partial charge in [-0.1, -0.05) is 0 Å². The lowest BCUT2D eigenvalue weighted by atomic mass is 10.1. The molecule has 1 rings (SSSR count). The monoisotopic (exact) mass is 242 g/mol. The summed E-state index contributed by atoms with van der Waals surface area (Å²) in [5.74, 6) is 0.116. The van der Waals surface area contributed by atoms with Crippen LogP contribution in [0.1, 0.15) is 20.8 Å². The summed E-state index contributed by atoms with van der Waals surface area (Å²) in [6.45, 7) is 12.1. The molecule has 5 nitrogen and oxygen atoms in total. The zero-order valence-electron chi connectivity index (χ0n) is 11.3. The normalized spacial score (nSPS) is 19.3. The molecule has 1 heterocycles. The van der Waals surface area contributed by atoms with Crippen molar-refractivity contribution in [3.63, 3.8) is 0 Å². The molecule has 0 aliphatic carbocycles. The number of carbonyl (C=O) groups is 1. The third-order valence-corrected chi connectivity index (χ3v) is 2.79. The van der Waals surface area contributed by atoms with E-state index in [1.54, 1.807) is 0 Å². The Balaban J connectivity index is 2.24. The van der Waals surface area contributed by atoms with Crippen molar-refractivity contribution in [2.45, 2.75) is 26.3 Å². The Labute approximate surface area is 104 Å². The van der Waals surface area contributed by atoms with E-state index >= 15 is 0 Å². The number of nitrogens with zero attached hydrogens (tertiary/aromatic N) is 2. The van der Waals surface area contributed by atoms with Crippen molar-refractivity contribution in [3.8, 4) is 0 Å². The number of rotatable bonds is 4. The third-order valence-electron chi connectivity index (χ3n) is 2.79. The number of hydrogen-bond acceptors (Lipinski definition) is 4. The lowest BCUT2D eigenvalue weighted by Crippen LogP contribution is -2.52. The van der Waals surface area contributed by atoms with Gasteiger partial charge in [0.05, 0.1) is 6.54 Å². The summed E-state index contributed by atoms with van der Waals surface area (Å²) in [7, 11) is 0. The van der Waals surface area contributed by atoms with Gasteiger partial charge in [0, 0.05) is 44.8 Å². The first-order chi connectivity index (χ1) is 7.90. The van der Waals surface area contributed by atoms with Crippen LogP contribution in [0.25, 0.3) is 0 Å². The lowest BCUT2D eigenvalue weighted by molar-refractivity contribution is -0.124. The van der Waals surface area contributed by atoms with Gasteiger partial charge in [-0.3, -0.25) is 14.6 Å². The Morgan fingerprint density at radius 2 is 1.71 bits per heavy atom. The smallest absolute Gasteiger partial charge is 0.234 e. The molecule has 0 atom stereocenters. The molecule has 1 aliphatic rings. The molecule has 0 aromatic rings. The summed E-state index contributed by atoms with van der Waals surface area (Å²) in [4.78, 5) is 16.3. The molecule has 0 unspecified atom stereocenters. The highest BCUT2D eigenvalue weighted by atomic mass is 16.2. The maximum Gasteiger partial charge on any atom is 0.234 e. The van der Waals surface area contributed by atoms with Crippen molar-refractivity contribution >= 4 is 5.91 Å². The van der Waals surface area contributed by atoms with Gasteiger partial charge in [0.25, 0.3) is 0 Å². The van der Waals surface area contributed by atoms with Crippen LogP contribution in [-0.4, -0.2) is 67.1 Å². The summed E-state index contributed by atoms with van der Waals surface area (Å²) < 4.78 is 0. The molecule has 17 heavy (non-hydrogen) atoms. The minimum absolute atomic E-state index is 0.116. The number of nitrogens with two attached hydrogens (primary N) is 1. The highest BCUT2D eigenvalue weighted by Crippen LogP contribution is 2.02. The van der Waals surface area contributed by atoms with Gasteiger partial charge in [-0.25, -0.2) is 0 Å². The second kappa shape index (κ2) is 6.33. The number of piperazine rings is 1. The molecule has 1 saturated heterocycles. The molecular weight excluding hydrogens is 216 g/mol. The van der Waals surface area contributed by atoms with Gasteiger partial charge >= 0.3 is 0 Å². The van der Waals surface area contributed by atoms with Gasteiger partial charge in [0.2, 0.25) is 5.91 Å². The molecule has 1 amide bonds. The van der Waals surface area contributed by atoms with Crippen LogP contribution in [0.15, 0.2) is 0 Å². The van der Waals surface area contributed by atoms with Gasteiger partial charge in [0.1, 0.15) is 0 Å². The van der Waals surface area contributed by atoms with Crippen molar-refractivity contribution in [1.82, 2.24) is 15.1 Å². The van der Waals surface area contributed by atoms with Crippen molar-refractivity contribution in [2.24, 2.45) is 5.73 Å². The van der Waals surface area contributed by atoms with E-state index in [1.807, 2.05) is 20.8 Å². The summed E-state index contributed by atoms with van der Waals surface area (Å²) >= 11 is 0. The second-order valence-corrected chi connectivity index (χ2v) is 5.70. The fourth-order valence-electron chi connectivity index (χ4n) is 2.01. The Morgan fingerprint density at radius 1 is 1.18 bits per heavy atom. The van der Waals surface area contributed by atoms with Crippen molar-refractivity contribution in [1.29, 1.82) is 0 Å². The molecule has 0 aromatic carbocycles. The first-order valence-corrected chi connectivity index (χ1v) is 6.36. The molecule has 3 N–H and O–H groups in total. The summed E-state index contributed by atoms with van der Waals surface area (Å²) in [6.07, 6.45) is 0. The van der Waals surface area contributed by atoms with Gasteiger partial charge in [-0.15, -0.1) is 0 Å². The van der Waals surface area contributed by atoms with E-state index < -0.39 is 0 Å². The molecule has 0 bridgehead atoms. The Morgan fingerprint density at radius 3 is 2.18 bits per heavy atom. The molecule has 1 aliphatic heterocycles. The van der Waals surface area contributed by atoms with E-state index in [4.69, 9.17) is 5.73 Å². The number of nitrogens with one attached hydrogen (secondary N) is 1. The van der Waals surface area contributed by atoms with Gasteiger partial charge < -0.3 is 11.1 Å². The average Bonchev–Trinajstić information content (AvgIpc) is 2.18. The van der Waals surface area contributed by atoms with Crippen LogP contribution in [0, 0.1) is 0 Å². The fourth-order valence-corrected chi connectivity index (χ4v) is 2.01. The quantitative estimate of drug-likeness (QED) is 0.696. The van der Waals surface area contributed by atoms with Gasteiger partial charge in [0.15, 0.2) is 0 Å². The van der Waals surface area contributed by atoms with E-state index in [9.17, 15) is 4.79 Å². The molecule has 5 heteroatoms. The minimum atomic E-state index is -0.140. The molecule has 0 radical (unpaired) electrons. The van der Waals surface area contributed by atoms with E-state index in [0.29, 0.717) is 13.1 Å². The van der Waals surface area contributed by atoms with E-state index in [-0.39, 0.29) is 11.4 Å². The fraction of sp³-hybridized carbons (Fsp3) is 0.917. The SMILES string of the molecule is CC(C)(C)NC(=O)CN1CCN(CCN)CC1. The van der Waals surface area contributed by atoms with Crippen LogP contribution in [-0.2, 0) is 4.79 Å². The average molecular weight is 242 g/mol. The summed E-state index contributed by atoms with van der Waals surface area (Å²) in [5.41, 5.74) is 5.38. The molecule has 1 fully saturated rings. The van der Waals surface area contributed by atoms with Crippen LogP contribution in [0.5, 0.6) is 0 Å². The maximum absolute atomic E-state index is 11.7. The van der Waals surface area contributed by atoms with E-state index in [2.05, 4.69) is 15.1 Å². The highest BCUT2D eigenvalue weighted by Gasteiger charge is 2.20. The predicted molar refractivity (Wildman–Crippen MR) is 69.8 cm³/mol. The van der Waals surface area contributed by atoms with Crippen LogP contribution >= 0.6 is 0 Å². The summed E-state index contributed by atoms with van der Waals surface area (Å²) in [6, 6.07) is 0. The third kappa shape index (κ3) is 6.00. The topological polar surface area (TPSA) is 61.6 Å². The first kappa shape index (κ1) is 14.4. The van der Waals surface area contributed by atoms with Gasteiger partial charge in [-0.2, -0.15) is 0 Å². The molecule has 100 valence electrons. The Kier molecular flexibility index (Phi) is 5.36. The first-order valence-electron chi connectivity index (χ1n) is 6.36. The number of amides is 1. The van der Waals surface area contributed by atoms with Crippen LogP contribution in [0.2, 0.25) is 0 Å². The van der Waals surface area contributed by atoms with Crippen LogP contribution < -0.4 is 11.1 Å². The number of carbonyl (C=O) groups excluding carboxylic acids is 1. The summed E-state index contributed by atoms with van der Waals surface area (Å²) in [5, 5.41) is 2.99. The standard InChI is InChI=1S/C12H26N4O/c1-12(2,3)14-11(17)10-16-8-6-15(5-4-13)7-9-16/h4-10,13H2,1-3H3,(H,14,17).